The van der Waals surface area contributed by atoms with E-state index in [1.165, 1.54) is 12.0 Å². The highest BCUT2D eigenvalue weighted by atomic mass is 14.8. The van der Waals surface area contributed by atoms with Gasteiger partial charge in [-0.05, 0) is 30.9 Å². The second kappa shape index (κ2) is 3.51. The Labute approximate surface area is 82.9 Å². The van der Waals surface area contributed by atoms with Crippen LogP contribution in [0.4, 0.5) is 5.82 Å². The van der Waals surface area contributed by atoms with Crippen LogP contribution in [0.2, 0.25) is 0 Å². The number of nitrogen functional groups attached to an aromatic ring is 1. The molecular weight excluding hydrogens is 174 g/mol. The van der Waals surface area contributed by atoms with Crippen molar-refractivity contribution in [3.63, 3.8) is 0 Å². The minimum absolute atomic E-state index is 0.406. The van der Waals surface area contributed by atoms with Gasteiger partial charge < -0.3 is 5.73 Å². The summed E-state index contributed by atoms with van der Waals surface area (Å²) in [4.78, 5) is 4.02. The Hall–Kier alpha value is -1.82. The molecule has 0 spiro atoms. The van der Waals surface area contributed by atoms with Gasteiger partial charge in [-0.2, -0.15) is 5.26 Å². The fourth-order valence-corrected chi connectivity index (χ4v) is 1.74. The van der Waals surface area contributed by atoms with E-state index in [1.807, 2.05) is 0 Å². The maximum absolute atomic E-state index is 8.94. The molecule has 0 amide bonds. The molecule has 0 fully saturated rings. The number of anilines is 1. The van der Waals surface area contributed by atoms with Gasteiger partial charge in [0.1, 0.15) is 5.82 Å². The van der Waals surface area contributed by atoms with Crippen molar-refractivity contribution in [2.45, 2.75) is 19.3 Å². The largest absolute Gasteiger partial charge is 0.384 e. The minimum atomic E-state index is 0.406. The van der Waals surface area contributed by atoms with Gasteiger partial charge in [-0.25, -0.2) is 4.98 Å². The zero-order chi connectivity index (χ0) is 9.97. The summed E-state index contributed by atoms with van der Waals surface area (Å²) in [5, 5.41) is 8.94. The van der Waals surface area contributed by atoms with Crippen LogP contribution in [0.3, 0.4) is 0 Å². The van der Waals surface area contributed by atoms with Crippen molar-refractivity contribution in [3.8, 4) is 6.07 Å². The molecule has 14 heavy (non-hydrogen) atoms. The zero-order valence-electron chi connectivity index (χ0n) is 7.83. The summed E-state index contributed by atoms with van der Waals surface area (Å²) in [5.41, 5.74) is 8.32. The molecule has 1 aromatic rings. The summed E-state index contributed by atoms with van der Waals surface area (Å²) in [6.07, 6.45) is 7.19. The van der Waals surface area contributed by atoms with Gasteiger partial charge in [0.25, 0.3) is 0 Å². The highest BCUT2D eigenvalue weighted by Crippen LogP contribution is 2.29. The number of hydrogen-bond acceptors (Lipinski definition) is 3. The van der Waals surface area contributed by atoms with E-state index in [0.29, 0.717) is 11.4 Å². The smallest absolute Gasteiger partial charge is 0.124 e. The molecule has 1 aromatic heterocycles. The molecule has 2 rings (SSSR count). The average molecular weight is 185 g/mol. The lowest BCUT2D eigenvalue weighted by atomic mass is 10.0. The minimum Gasteiger partial charge on any atom is -0.384 e. The first kappa shape index (κ1) is 8.76. The van der Waals surface area contributed by atoms with Crippen LogP contribution in [0.5, 0.6) is 0 Å². The fourth-order valence-electron chi connectivity index (χ4n) is 1.74. The second-order valence-corrected chi connectivity index (χ2v) is 3.39. The zero-order valence-corrected chi connectivity index (χ0v) is 7.83. The van der Waals surface area contributed by atoms with Crippen molar-refractivity contribution in [2.24, 2.45) is 0 Å². The van der Waals surface area contributed by atoms with Crippen molar-refractivity contribution < 1.29 is 0 Å². The number of rotatable bonds is 1. The van der Waals surface area contributed by atoms with Crippen LogP contribution in [0, 0.1) is 11.3 Å². The summed E-state index contributed by atoms with van der Waals surface area (Å²) in [6.45, 7) is 0. The van der Waals surface area contributed by atoms with Gasteiger partial charge in [-0.15, -0.1) is 0 Å². The number of nitriles is 1. The Balaban J connectivity index is 2.48. The third kappa shape index (κ3) is 1.47. The van der Waals surface area contributed by atoms with Crippen molar-refractivity contribution in [1.82, 2.24) is 4.98 Å². The summed E-state index contributed by atoms with van der Waals surface area (Å²) >= 11 is 0. The van der Waals surface area contributed by atoms with E-state index in [2.05, 4.69) is 17.1 Å². The predicted octanol–water partition coefficient (Wildman–Crippen LogP) is 2.10. The molecule has 1 aliphatic rings. The van der Waals surface area contributed by atoms with Gasteiger partial charge in [0.2, 0.25) is 0 Å². The molecule has 0 aromatic carbocycles. The van der Waals surface area contributed by atoms with Crippen LogP contribution in [0.25, 0.3) is 5.57 Å². The number of nitrogens with two attached hydrogens (primary N) is 1. The quantitative estimate of drug-likeness (QED) is 0.728. The Morgan fingerprint density at radius 1 is 1.50 bits per heavy atom. The molecule has 0 unspecified atom stereocenters. The molecule has 0 aliphatic heterocycles. The van der Waals surface area contributed by atoms with Gasteiger partial charge >= 0.3 is 0 Å². The Bertz CT molecular complexity index is 427. The molecular formula is C11H11N3. The van der Waals surface area contributed by atoms with Crippen molar-refractivity contribution >= 4 is 11.4 Å². The van der Waals surface area contributed by atoms with Gasteiger partial charge in [0.05, 0.1) is 11.6 Å². The summed E-state index contributed by atoms with van der Waals surface area (Å²) < 4.78 is 0. The normalized spacial score (nSPS) is 14.9. The number of hydrogen-bond donors (Lipinski definition) is 1. The van der Waals surface area contributed by atoms with E-state index in [0.717, 1.165) is 18.4 Å². The maximum atomic E-state index is 8.94. The summed E-state index contributed by atoms with van der Waals surface area (Å²) in [6, 6.07) is 3.79. The van der Waals surface area contributed by atoms with Gasteiger partial charge in [0, 0.05) is 11.8 Å². The summed E-state index contributed by atoms with van der Waals surface area (Å²) in [7, 11) is 0. The molecule has 1 aliphatic carbocycles. The molecule has 2 N–H and O–H groups in total. The topological polar surface area (TPSA) is 62.7 Å². The lowest BCUT2D eigenvalue weighted by Crippen LogP contribution is -1.95. The van der Waals surface area contributed by atoms with E-state index in [9.17, 15) is 0 Å². The maximum Gasteiger partial charge on any atom is 0.124 e. The van der Waals surface area contributed by atoms with Crippen LogP contribution in [-0.2, 0) is 0 Å². The van der Waals surface area contributed by atoms with Crippen LogP contribution >= 0.6 is 0 Å². The van der Waals surface area contributed by atoms with Gasteiger partial charge in [-0.1, -0.05) is 6.08 Å². The number of aromatic nitrogens is 1. The van der Waals surface area contributed by atoms with Crippen LogP contribution in [0.1, 0.15) is 30.4 Å². The number of pyridine rings is 1. The van der Waals surface area contributed by atoms with Crippen molar-refractivity contribution in [1.29, 1.82) is 5.26 Å². The standard InChI is InChI=1S/C11H11N3/c12-6-9-5-11(13)14-7-10(9)8-3-1-2-4-8/h3,5,7H,1-2,4H2,(H2,13,14). The predicted molar refractivity (Wildman–Crippen MR) is 55.2 cm³/mol. The fraction of sp³-hybridized carbons (Fsp3) is 0.273. The highest BCUT2D eigenvalue weighted by molar-refractivity contribution is 5.72. The first-order valence-corrected chi connectivity index (χ1v) is 4.66. The third-order valence-electron chi connectivity index (χ3n) is 2.43. The summed E-state index contributed by atoms with van der Waals surface area (Å²) in [5.74, 6) is 0.406. The van der Waals surface area contributed by atoms with Crippen molar-refractivity contribution in [2.75, 3.05) is 5.73 Å². The van der Waals surface area contributed by atoms with E-state index in [-0.39, 0.29) is 0 Å². The molecule has 0 saturated carbocycles. The molecule has 3 nitrogen and oxygen atoms in total. The second-order valence-electron chi connectivity index (χ2n) is 3.39. The number of nitrogens with zero attached hydrogens (tertiary/aromatic N) is 2. The molecule has 0 atom stereocenters. The molecule has 0 bridgehead atoms. The first-order valence-electron chi connectivity index (χ1n) is 4.66. The van der Waals surface area contributed by atoms with Crippen molar-refractivity contribution in [3.05, 3.63) is 29.5 Å². The molecule has 0 saturated heterocycles. The Morgan fingerprint density at radius 3 is 3.00 bits per heavy atom. The van der Waals surface area contributed by atoms with E-state index >= 15 is 0 Å². The molecule has 0 radical (unpaired) electrons. The molecule has 3 heteroatoms. The SMILES string of the molecule is N#Cc1cc(N)ncc1C1=CCCC1. The molecule has 1 heterocycles. The molecule has 70 valence electrons. The van der Waals surface area contributed by atoms with Crippen LogP contribution < -0.4 is 5.73 Å². The first-order chi connectivity index (χ1) is 6.81. The van der Waals surface area contributed by atoms with E-state index in [4.69, 9.17) is 11.0 Å². The average Bonchev–Trinajstić information content (AvgIpc) is 2.70. The van der Waals surface area contributed by atoms with Crippen LogP contribution in [-0.4, -0.2) is 4.98 Å². The van der Waals surface area contributed by atoms with Crippen LogP contribution in [0.15, 0.2) is 18.3 Å². The van der Waals surface area contributed by atoms with Gasteiger partial charge in [0.15, 0.2) is 0 Å². The Kier molecular flexibility index (Phi) is 2.19. The lowest BCUT2D eigenvalue weighted by Gasteiger charge is -2.04. The van der Waals surface area contributed by atoms with E-state index in [1.54, 1.807) is 12.3 Å². The third-order valence-corrected chi connectivity index (χ3v) is 2.43. The van der Waals surface area contributed by atoms with Gasteiger partial charge in [-0.3, -0.25) is 0 Å². The number of allylic oxidation sites excluding steroid dienone is 2. The lowest BCUT2D eigenvalue weighted by molar-refractivity contribution is 0.934. The van der Waals surface area contributed by atoms with E-state index < -0.39 is 0 Å². The Morgan fingerprint density at radius 2 is 2.36 bits per heavy atom. The highest BCUT2D eigenvalue weighted by Gasteiger charge is 2.11. The monoisotopic (exact) mass is 185 g/mol.